The first-order valence-electron chi connectivity index (χ1n) is 7.30. The lowest BCUT2D eigenvalue weighted by molar-refractivity contribution is 1.38. The van der Waals surface area contributed by atoms with Gasteiger partial charge in [0.05, 0.1) is 0 Å². The molecule has 0 nitrogen and oxygen atoms in total. The lowest BCUT2D eigenvalue weighted by atomic mass is 9.96. The molecule has 0 aromatic heterocycles. The van der Waals surface area contributed by atoms with E-state index in [9.17, 15) is 0 Å². The zero-order valence-electron chi connectivity index (χ0n) is 12.8. The molecule has 103 valence electrons. The van der Waals surface area contributed by atoms with Crippen LogP contribution < -0.4 is 0 Å². The van der Waals surface area contributed by atoms with E-state index in [1.54, 1.807) is 0 Å². The Balaban J connectivity index is 2.05. The van der Waals surface area contributed by atoms with Gasteiger partial charge in [-0.1, -0.05) is 77.4 Å². The van der Waals surface area contributed by atoms with Gasteiger partial charge in [0, 0.05) is 0 Å². The molecular formula is C21H19. The molecule has 0 aliphatic heterocycles. The second-order valence-corrected chi connectivity index (χ2v) is 5.72. The molecule has 3 rings (SSSR count). The molecule has 0 bridgehead atoms. The molecule has 21 heavy (non-hydrogen) atoms. The van der Waals surface area contributed by atoms with Crippen LogP contribution >= 0.6 is 0 Å². The Hall–Kier alpha value is -2.34. The van der Waals surface area contributed by atoms with Gasteiger partial charge < -0.3 is 0 Å². The average Bonchev–Trinajstić information content (AvgIpc) is 2.47. The number of hydrogen-bond acceptors (Lipinski definition) is 0. The summed E-state index contributed by atoms with van der Waals surface area (Å²) in [6.07, 6.45) is 0. The lowest BCUT2D eigenvalue weighted by Gasteiger charge is -2.08. The molecule has 1 radical (unpaired) electrons. The number of aryl methyl sites for hydroxylation is 3. The Kier molecular flexibility index (Phi) is 3.62. The van der Waals surface area contributed by atoms with Crippen LogP contribution in [0.2, 0.25) is 0 Å². The topological polar surface area (TPSA) is 0 Å². The number of hydrogen-bond donors (Lipinski definition) is 0. The third kappa shape index (κ3) is 3.05. The molecule has 0 fully saturated rings. The summed E-state index contributed by atoms with van der Waals surface area (Å²) >= 11 is 0. The number of benzene rings is 3. The van der Waals surface area contributed by atoms with Crippen molar-refractivity contribution in [3.8, 4) is 22.3 Å². The van der Waals surface area contributed by atoms with E-state index >= 15 is 0 Å². The first-order chi connectivity index (χ1) is 10.1. The minimum absolute atomic E-state index is 1.15. The van der Waals surface area contributed by atoms with Crippen LogP contribution in [-0.4, -0.2) is 0 Å². The molecule has 0 unspecified atom stereocenters. The van der Waals surface area contributed by atoms with E-state index in [0.29, 0.717) is 0 Å². The molecule has 0 aliphatic carbocycles. The molecular weight excluding hydrogens is 252 g/mol. The Morgan fingerprint density at radius 3 is 1.76 bits per heavy atom. The maximum atomic E-state index is 3.55. The third-order valence-electron chi connectivity index (χ3n) is 3.69. The molecule has 0 amide bonds. The summed E-state index contributed by atoms with van der Waals surface area (Å²) in [4.78, 5) is 0. The summed E-state index contributed by atoms with van der Waals surface area (Å²) in [5.41, 5.74) is 8.61. The molecule has 0 heteroatoms. The first kappa shape index (κ1) is 13.6. The van der Waals surface area contributed by atoms with E-state index < -0.39 is 0 Å². The van der Waals surface area contributed by atoms with Crippen LogP contribution in [0.3, 0.4) is 0 Å². The standard InChI is InChI=1S/C21H19/c1-15-7-9-18(10-8-15)19-5-4-6-20(14-19)21-12-16(2)11-17(3)13-21/h4-13H,1-3H3. The Labute approximate surface area is 127 Å². The van der Waals surface area contributed by atoms with Crippen molar-refractivity contribution in [3.63, 3.8) is 0 Å². The van der Waals surface area contributed by atoms with Crippen LogP contribution in [0.5, 0.6) is 0 Å². The van der Waals surface area contributed by atoms with Crippen molar-refractivity contribution in [1.82, 2.24) is 0 Å². The molecule has 0 N–H and O–H groups in total. The highest BCUT2D eigenvalue weighted by molar-refractivity contribution is 5.72. The van der Waals surface area contributed by atoms with Gasteiger partial charge in [-0.3, -0.25) is 0 Å². The fourth-order valence-electron chi connectivity index (χ4n) is 2.67. The maximum absolute atomic E-state index is 3.55. The zero-order valence-corrected chi connectivity index (χ0v) is 12.8. The smallest absolute Gasteiger partial charge is 0.00143 e. The summed E-state index contributed by atoms with van der Waals surface area (Å²) in [5, 5.41) is 0. The van der Waals surface area contributed by atoms with Crippen LogP contribution in [0.25, 0.3) is 22.3 Å². The molecule has 0 heterocycles. The van der Waals surface area contributed by atoms with Crippen LogP contribution in [0.4, 0.5) is 0 Å². The molecule has 3 aromatic rings. The predicted molar refractivity (Wildman–Crippen MR) is 90.4 cm³/mol. The van der Waals surface area contributed by atoms with Gasteiger partial charge in [0.15, 0.2) is 0 Å². The van der Waals surface area contributed by atoms with E-state index in [2.05, 4.69) is 87.5 Å². The van der Waals surface area contributed by atoms with Crippen LogP contribution in [0.1, 0.15) is 16.7 Å². The van der Waals surface area contributed by atoms with E-state index in [4.69, 9.17) is 0 Å². The van der Waals surface area contributed by atoms with Gasteiger partial charge in [-0.05, 0) is 49.1 Å². The fourth-order valence-corrected chi connectivity index (χ4v) is 2.67. The lowest BCUT2D eigenvalue weighted by Crippen LogP contribution is -1.85. The van der Waals surface area contributed by atoms with Gasteiger partial charge in [0.2, 0.25) is 0 Å². The molecule has 0 saturated carbocycles. The van der Waals surface area contributed by atoms with Gasteiger partial charge >= 0.3 is 0 Å². The Morgan fingerprint density at radius 1 is 0.571 bits per heavy atom. The minimum Gasteiger partial charge on any atom is -0.0610 e. The van der Waals surface area contributed by atoms with Crippen molar-refractivity contribution in [1.29, 1.82) is 0 Å². The summed E-state index contributed by atoms with van der Waals surface area (Å²) in [7, 11) is 0. The fraction of sp³-hybridized carbons (Fsp3) is 0.143. The van der Waals surface area contributed by atoms with Crippen LogP contribution in [-0.2, 0) is 0 Å². The van der Waals surface area contributed by atoms with Crippen molar-refractivity contribution in [2.75, 3.05) is 0 Å². The highest BCUT2D eigenvalue weighted by Gasteiger charge is 2.03. The number of rotatable bonds is 2. The van der Waals surface area contributed by atoms with E-state index in [1.807, 2.05) is 0 Å². The van der Waals surface area contributed by atoms with Gasteiger partial charge in [-0.25, -0.2) is 0 Å². The summed E-state index contributed by atoms with van der Waals surface area (Å²) < 4.78 is 0. The largest absolute Gasteiger partial charge is 0.0610 e. The zero-order chi connectivity index (χ0) is 14.8. The molecule has 0 aliphatic rings. The Morgan fingerprint density at radius 2 is 1.14 bits per heavy atom. The summed E-state index contributed by atoms with van der Waals surface area (Å²) in [6.45, 7) is 6.39. The van der Waals surface area contributed by atoms with Crippen LogP contribution in [0.15, 0.2) is 60.7 Å². The molecule has 0 saturated heterocycles. The van der Waals surface area contributed by atoms with Gasteiger partial charge in [0.25, 0.3) is 0 Å². The Bertz CT molecular complexity index is 744. The normalized spacial score (nSPS) is 10.6. The van der Waals surface area contributed by atoms with Crippen molar-refractivity contribution in [2.24, 2.45) is 0 Å². The predicted octanol–water partition coefficient (Wildman–Crippen LogP) is 5.75. The monoisotopic (exact) mass is 271 g/mol. The maximum Gasteiger partial charge on any atom is -0.00143 e. The third-order valence-corrected chi connectivity index (χ3v) is 3.69. The average molecular weight is 271 g/mol. The van der Waals surface area contributed by atoms with Crippen molar-refractivity contribution in [3.05, 3.63) is 83.4 Å². The second kappa shape index (κ2) is 5.57. The van der Waals surface area contributed by atoms with E-state index in [1.165, 1.54) is 27.8 Å². The van der Waals surface area contributed by atoms with Crippen molar-refractivity contribution < 1.29 is 0 Å². The molecule has 0 spiro atoms. The molecule has 0 atom stereocenters. The van der Waals surface area contributed by atoms with Crippen molar-refractivity contribution in [2.45, 2.75) is 20.8 Å². The highest BCUT2D eigenvalue weighted by atomic mass is 14.1. The van der Waals surface area contributed by atoms with Gasteiger partial charge in [-0.15, -0.1) is 0 Å². The second-order valence-electron chi connectivity index (χ2n) is 5.72. The van der Waals surface area contributed by atoms with Crippen LogP contribution in [0, 0.1) is 26.8 Å². The van der Waals surface area contributed by atoms with Crippen molar-refractivity contribution >= 4 is 0 Å². The van der Waals surface area contributed by atoms with E-state index in [0.717, 1.165) is 11.1 Å². The molecule has 3 aromatic carbocycles. The van der Waals surface area contributed by atoms with E-state index in [-0.39, 0.29) is 0 Å². The summed E-state index contributed by atoms with van der Waals surface area (Å²) in [6, 6.07) is 25.2. The minimum atomic E-state index is 1.15. The highest BCUT2D eigenvalue weighted by Crippen LogP contribution is 2.27. The summed E-state index contributed by atoms with van der Waals surface area (Å²) in [5.74, 6) is 0. The van der Waals surface area contributed by atoms with Gasteiger partial charge in [0.1, 0.15) is 0 Å². The SMILES string of the molecule is Cc1ccc(-c2[c]c(-c3cc(C)cc(C)c3)ccc2)cc1. The first-order valence-corrected chi connectivity index (χ1v) is 7.30. The van der Waals surface area contributed by atoms with Gasteiger partial charge in [-0.2, -0.15) is 0 Å². The quantitative estimate of drug-likeness (QED) is 0.557.